The number of benzene rings is 1. The minimum absolute atomic E-state index is 0.0716. The van der Waals surface area contributed by atoms with Crippen LogP contribution < -0.4 is 5.73 Å². The maximum atomic E-state index is 13.3. The van der Waals surface area contributed by atoms with Gasteiger partial charge in [0.15, 0.2) is 0 Å². The molecule has 0 radical (unpaired) electrons. The van der Waals surface area contributed by atoms with Crippen LogP contribution in [0.2, 0.25) is 0 Å². The summed E-state index contributed by atoms with van der Waals surface area (Å²) >= 11 is 0. The first-order valence-electron chi connectivity index (χ1n) is 7.15. The molecule has 1 rings (SSSR count). The van der Waals surface area contributed by atoms with Crippen molar-refractivity contribution in [3.63, 3.8) is 0 Å². The lowest BCUT2D eigenvalue weighted by Gasteiger charge is -2.32. The van der Waals surface area contributed by atoms with E-state index in [2.05, 4.69) is 0 Å². The summed E-state index contributed by atoms with van der Waals surface area (Å²) in [6.45, 7) is 5.97. The van der Waals surface area contributed by atoms with Crippen molar-refractivity contribution in [1.82, 2.24) is 0 Å². The Hall–Kier alpha value is -1.49. The standard InChI is InChI=1S/C16H23F2NO2/c1-4-21-15(20)16(10-19,8-11(2)3)9-12-5-13(17)7-14(18)6-12/h5-7,11H,4,8-10,19H2,1-3H3. The van der Waals surface area contributed by atoms with Crippen LogP contribution in [0.3, 0.4) is 0 Å². The quantitative estimate of drug-likeness (QED) is 0.787. The summed E-state index contributed by atoms with van der Waals surface area (Å²) in [5.74, 6) is -1.53. The molecule has 21 heavy (non-hydrogen) atoms. The van der Waals surface area contributed by atoms with Gasteiger partial charge in [-0.1, -0.05) is 13.8 Å². The van der Waals surface area contributed by atoms with Crippen molar-refractivity contribution < 1.29 is 18.3 Å². The third-order valence-corrected chi connectivity index (χ3v) is 3.36. The van der Waals surface area contributed by atoms with E-state index < -0.39 is 23.0 Å². The summed E-state index contributed by atoms with van der Waals surface area (Å²) in [4.78, 5) is 12.3. The Morgan fingerprint density at radius 2 is 1.86 bits per heavy atom. The van der Waals surface area contributed by atoms with E-state index in [4.69, 9.17) is 10.5 Å². The van der Waals surface area contributed by atoms with Gasteiger partial charge in [0.25, 0.3) is 0 Å². The number of carbonyl (C=O) groups is 1. The summed E-state index contributed by atoms with van der Waals surface area (Å²) in [7, 11) is 0. The van der Waals surface area contributed by atoms with Gasteiger partial charge in [-0.3, -0.25) is 4.79 Å². The van der Waals surface area contributed by atoms with Crippen LogP contribution in [0.25, 0.3) is 0 Å². The highest BCUT2D eigenvalue weighted by molar-refractivity contribution is 5.77. The molecule has 5 heteroatoms. The van der Waals surface area contributed by atoms with E-state index in [0.717, 1.165) is 6.07 Å². The molecule has 0 saturated heterocycles. The second-order valence-corrected chi connectivity index (χ2v) is 5.76. The molecule has 1 unspecified atom stereocenters. The number of hydrogen-bond donors (Lipinski definition) is 1. The normalized spacial score (nSPS) is 14.0. The number of esters is 1. The third-order valence-electron chi connectivity index (χ3n) is 3.36. The average Bonchev–Trinajstić information content (AvgIpc) is 2.36. The molecular formula is C16H23F2NO2. The molecule has 0 aromatic heterocycles. The molecular weight excluding hydrogens is 276 g/mol. The second-order valence-electron chi connectivity index (χ2n) is 5.76. The van der Waals surface area contributed by atoms with Gasteiger partial charge >= 0.3 is 5.97 Å². The summed E-state index contributed by atoms with van der Waals surface area (Å²) < 4.78 is 31.8. The van der Waals surface area contributed by atoms with E-state index in [9.17, 15) is 13.6 Å². The highest BCUT2D eigenvalue weighted by Crippen LogP contribution is 2.32. The molecule has 3 nitrogen and oxygen atoms in total. The topological polar surface area (TPSA) is 52.3 Å². The third kappa shape index (κ3) is 4.77. The molecule has 0 aliphatic rings. The molecule has 0 aliphatic carbocycles. The summed E-state index contributed by atoms with van der Waals surface area (Å²) in [5.41, 5.74) is 5.28. The zero-order valence-corrected chi connectivity index (χ0v) is 12.8. The van der Waals surface area contributed by atoms with Crippen LogP contribution in [-0.2, 0) is 16.0 Å². The zero-order chi connectivity index (χ0) is 16.0. The predicted octanol–water partition coefficient (Wildman–Crippen LogP) is 3.06. The van der Waals surface area contributed by atoms with Crippen molar-refractivity contribution in [1.29, 1.82) is 0 Å². The van der Waals surface area contributed by atoms with Crippen molar-refractivity contribution in [2.45, 2.75) is 33.6 Å². The van der Waals surface area contributed by atoms with Crippen LogP contribution in [0.5, 0.6) is 0 Å². The summed E-state index contributed by atoms with van der Waals surface area (Å²) in [6, 6.07) is 3.26. The fourth-order valence-electron chi connectivity index (χ4n) is 2.64. The zero-order valence-electron chi connectivity index (χ0n) is 12.8. The molecule has 0 aliphatic heterocycles. The minimum Gasteiger partial charge on any atom is -0.466 e. The number of rotatable bonds is 7. The van der Waals surface area contributed by atoms with Crippen molar-refractivity contribution >= 4 is 5.97 Å². The maximum absolute atomic E-state index is 13.3. The fraction of sp³-hybridized carbons (Fsp3) is 0.562. The Morgan fingerprint density at radius 3 is 2.29 bits per heavy atom. The van der Waals surface area contributed by atoms with Crippen LogP contribution >= 0.6 is 0 Å². The molecule has 0 heterocycles. The molecule has 0 spiro atoms. The number of carbonyl (C=O) groups excluding carboxylic acids is 1. The number of hydrogen-bond acceptors (Lipinski definition) is 3. The highest BCUT2D eigenvalue weighted by atomic mass is 19.1. The van der Waals surface area contributed by atoms with Crippen molar-refractivity contribution in [2.75, 3.05) is 13.2 Å². The SMILES string of the molecule is CCOC(=O)C(CN)(Cc1cc(F)cc(F)c1)CC(C)C. The lowest BCUT2D eigenvalue weighted by molar-refractivity contribution is -0.156. The Bertz CT molecular complexity index is 471. The van der Waals surface area contributed by atoms with Gasteiger partial charge in [0, 0.05) is 12.6 Å². The maximum Gasteiger partial charge on any atom is 0.313 e. The lowest BCUT2D eigenvalue weighted by Crippen LogP contribution is -2.43. The molecule has 0 bridgehead atoms. The van der Waals surface area contributed by atoms with E-state index in [1.807, 2.05) is 13.8 Å². The summed E-state index contributed by atoms with van der Waals surface area (Å²) in [6.07, 6.45) is 0.662. The second kappa shape index (κ2) is 7.50. The van der Waals surface area contributed by atoms with Gasteiger partial charge in [-0.05, 0) is 43.4 Å². The molecule has 0 amide bonds. The van der Waals surface area contributed by atoms with Gasteiger partial charge in [0.1, 0.15) is 11.6 Å². The van der Waals surface area contributed by atoms with Gasteiger partial charge < -0.3 is 10.5 Å². The minimum atomic E-state index is -0.954. The van der Waals surface area contributed by atoms with Crippen LogP contribution in [0.4, 0.5) is 8.78 Å². The Balaban J connectivity index is 3.13. The number of nitrogens with two attached hydrogens (primary N) is 1. The molecule has 1 atom stereocenters. The molecule has 2 N–H and O–H groups in total. The van der Waals surface area contributed by atoms with E-state index >= 15 is 0 Å². The van der Waals surface area contributed by atoms with Crippen molar-refractivity contribution in [3.05, 3.63) is 35.4 Å². The van der Waals surface area contributed by atoms with Crippen LogP contribution in [-0.4, -0.2) is 19.1 Å². The van der Waals surface area contributed by atoms with Crippen LogP contribution in [0, 0.1) is 23.0 Å². The monoisotopic (exact) mass is 299 g/mol. The van der Waals surface area contributed by atoms with Gasteiger partial charge in [-0.25, -0.2) is 8.78 Å². The molecule has 1 aromatic carbocycles. The smallest absolute Gasteiger partial charge is 0.313 e. The average molecular weight is 299 g/mol. The van der Waals surface area contributed by atoms with E-state index in [1.165, 1.54) is 12.1 Å². The van der Waals surface area contributed by atoms with Crippen molar-refractivity contribution in [3.8, 4) is 0 Å². The first-order chi connectivity index (χ1) is 9.82. The van der Waals surface area contributed by atoms with Gasteiger partial charge in [-0.15, -0.1) is 0 Å². The molecule has 1 aromatic rings. The predicted molar refractivity (Wildman–Crippen MR) is 77.6 cm³/mol. The number of ether oxygens (including phenoxy) is 1. The Morgan fingerprint density at radius 1 is 1.29 bits per heavy atom. The molecule has 118 valence electrons. The Labute approximate surface area is 124 Å². The molecule has 0 fully saturated rings. The number of halogens is 2. The van der Waals surface area contributed by atoms with E-state index in [1.54, 1.807) is 6.92 Å². The van der Waals surface area contributed by atoms with E-state index in [0.29, 0.717) is 12.0 Å². The molecule has 0 saturated carbocycles. The largest absolute Gasteiger partial charge is 0.466 e. The first-order valence-corrected chi connectivity index (χ1v) is 7.15. The fourth-order valence-corrected chi connectivity index (χ4v) is 2.64. The van der Waals surface area contributed by atoms with Gasteiger partial charge in [-0.2, -0.15) is 0 Å². The van der Waals surface area contributed by atoms with Gasteiger partial charge in [0.05, 0.1) is 12.0 Å². The first kappa shape index (κ1) is 17.6. The van der Waals surface area contributed by atoms with Crippen LogP contribution in [0.1, 0.15) is 32.8 Å². The lowest BCUT2D eigenvalue weighted by atomic mass is 9.75. The summed E-state index contributed by atoms with van der Waals surface area (Å²) in [5, 5.41) is 0. The van der Waals surface area contributed by atoms with Gasteiger partial charge in [0.2, 0.25) is 0 Å². The van der Waals surface area contributed by atoms with Crippen LogP contribution in [0.15, 0.2) is 18.2 Å². The van der Waals surface area contributed by atoms with Crippen molar-refractivity contribution in [2.24, 2.45) is 17.1 Å². The Kier molecular flexibility index (Phi) is 6.27. The van der Waals surface area contributed by atoms with E-state index in [-0.39, 0.29) is 25.5 Å². The highest BCUT2D eigenvalue weighted by Gasteiger charge is 2.39.